The highest BCUT2D eigenvalue weighted by Gasteiger charge is 2.32. The molecule has 2 saturated heterocycles. The molecule has 1 aromatic rings. The minimum absolute atomic E-state index is 0.0113. The van der Waals surface area contributed by atoms with Crippen molar-refractivity contribution in [3.8, 4) is 0 Å². The van der Waals surface area contributed by atoms with Crippen LogP contribution in [0.4, 0.5) is 0 Å². The summed E-state index contributed by atoms with van der Waals surface area (Å²) in [5, 5.41) is 0. The third kappa shape index (κ3) is 19.0. The third-order valence-electron chi connectivity index (χ3n) is 12.0. The molecule has 0 radical (unpaired) electrons. The summed E-state index contributed by atoms with van der Waals surface area (Å²) in [5.74, 6) is -1.51. The lowest BCUT2D eigenvalue weighted by Crippen LogP contribution is -2.48. The Morgan fingerprint density at radius 3 is 1.81 bits per heavy atom. The van der Waals surface area contributed by atoms with E-state index >= 15 is 0 Å². The normalized spacial score (nSPS) is 17.2. The summed E-state index contributed by atoms with van der Waals surface area (Å²) in [6.45, 7) is 22.6. The number of unbranched alkanes of at least 4 members (excludes halogenated alkanes) is 8. The molecule has 0 bridgehead atoms. The lowest BCUT2D eigenvalue weighted by molar-refractivity contribution is -0.154. The molecule has 0 saturated carbocycles. The second-order valence-electron chi connectivity index (χ2n) is 19.0. The molecule has 0 amide bonds. The number of esters is 3. The van der Waals surface area contributed by atoms with Crippen LogP contribution in [0.1, 0.15) is 180 Å². The summed E-state index contributed by atoms with van der Waals surface area (Å²) < 4.78 is 17.5. The van der Waals surface area contributed by atoms with Gasteiger partial charge < -0.3 is 24.0 Å². The fourth-order valence-corrected chi connectivity index (χ4v) is 7.82. The fourth-order valence-electron chi connectivity index (χ4n) is 7.82. The Labute approximate surface area is 353 Å². The molecule has 0 aromatic heterocycles. The summed E-state index contributed by atoms with van der Waals surface area (Å²) in [6.07, 6.45) is 25.8. The van der Waals surface area contributed by atoms with E-state index in [-0.39, 0.29) is 48.5 Å². The molecule has 1 atom stereocenters. The summed E-state index contributed by atoms with van der Waals surface area (Å²) in [4.78, 5) is 44.8. The average molecular weight is 807 g/mol. The van der Waals surface area contributed by atoms with Gasteiger partial charge in [-0.25, -0.2) is 4.79 Å². The van der Waals surface area contributed by atoms with Crippen LogP contribution in [-0.2, 0) is 34.6 Å². The lowest BCUT2D eigenvalue weighted by Gasteiger charge is -2.41. The van der Waals surface area contributed by atoms with E-state index in [4.69, 9.17) is 14.2 Å². The molecular formula is C50H82N2O6. The SMILES string of the molecule is CCCCC/C=C\C/C=C\CCCCCCCC(=O)OCC(COC(=O)c1cc(C(C)(C)C)cc(C(C)(C)C)c1)COC(=O)C1CCN(C2CCN(CC)CC2)CC1. The van der Waals surface area contributed by atoms with Gasteiger partial charge in [0.15, 0.2) is 0 Å². The van der Waals surface area contributed by atoms with E-state index < -0.39 is 11.9 Å². The quantitative estimate of drug-likeness (QED) is 0.0442. The highest BCUT2D eigenvalue weighted by molar-refractivity contribution is 5.90. The molecule has 2 aliphatic rings. The zero-order valence-corrected chi connectivity index (χ0v) is 38.1. The number of hydrogen-bond acceptors (Lipinski definition) is 8. The standard InChI is InChI=1S/C50H82N2O6/c1-9-11-12-13-14-15-16-17-18-19-20-21-22-23-24-25-46(53)56-37-40(39-58-48(55)42-34-43(49(3,4)5)36-44(35-42)50(6,7)8)38-57-47(54)41-26-32-52(33-27-41)45-28-30-51(10-2)31-29-45/h14-15,17-18,34-36,40-41,45H,9-13,16,19-33,37-39H2,1-8H3/b15-14-,18-17-. The molecule has 58 heavy (non-hydrogen) atoms. The molecule has 1 aromatic carbocycles. The number of carbonyl (C=O) groups is 3. The first kappa shape index (κ1) is 49.4. The molecule has 8 nitrogen and oxygen atoms in total. The Morgan fingerprint density at radius 2 is 1.22 bits per heavy atom. The number of likely N-dealkylation sites (tertiary alicyclic amines) is 2. The minimum atomic E-state index is -0.460. The minimum Gasteiger partial charge on any atom is -0.465 e. The summed E-state index contributed by atoms with van der Waals surface area (Å²) in [5.41, 5.74) is 2.34. The largest absolute Gasteiger partial charge is 0.465 e. The third-order valence-corrected chi connectivity index (χ3v) is 12.0. The van der Waals surface area contributed by atoms with Crippen molar-refractivity contribution in [2.75, 3.05) is 52.5 Å². The highest BCUT2D eigenvalue weighted by Crippen LogP contribution is 2.31. The van der Waals surface area contributed by atoms with E-state index in [1.165, 1.54) is 38.5 Å². The first-order chi connectivity index (χ1) is 27.7. The topological polar surface area (TPSA) is 85.4 Å². The number of ether oxygens (including phenoxy) is 3. The molecule has 2 fully saturated rings. The first-order valence-corrected chi connectivity index (χ1v) is 23.1. The van der Waals surface area contributed by atoms with E-state index in [2.05, 4.69) is 95.6 Å². The second-order valence-corrected chi connectivity index (χ2v) is 19.0. The predicted octanol–water partition coefficient (Wildman–Crippen LogP) is 11.2. The number of piperidine rings is 2. The summed E-state index contributed by atoms with van der Waals surface area (Å²) >= 11 is 0. The van der Waals surface area contributed by atoms with Crippen molar-refractivity contribution >= 4 is 17.9 Å². The predicted molar refractivity (Wildman–Crippen MR) is 238 cm³/mol. The van der Waals surface area contributed by atoms with Crippen molar-refractivity contribution in [1.82, 2.24) is 9.80 Å². The van der Waals surface area contributed by atoms with E-state index in [0.29, 0.717) is 18.0 Å². The van der Waals surface area contributed by atoms with Crippen molar-refractivity contribution in [2.45, 2.75) is 175 Å². The van der Waals surface area contributed by atoms with Crippen LogP contribution in [0.25, 0.3) is 0 Å². The second kappa shape index (κ2) is 26.3. The van der Waals surface area contributed by atoms with Gasteiger partial charge in [-0.3, -0.25) is 9.59 Å². The smallest absolute Gasteiger partial charge is 0.338 e. The van der Waals surface area contributed by atoms with Crippen LogP contribution in [0.2, 0.25) is 0 Å². The van der Waals surface area contributed by atoms with Gasteiger partial charge >= 0.3 is 17.9 Å². The molecule has 1 unspecified atom stereocenters. The van der Waals surface area contributed by atoms with Gasteiger partial charge in [-0.05, 0) is 131 Å². The Balaban J connectivity index is 1.48. The average Bonchev–Trinajstić information content (AvgIpc) is 3.21. The molecule has 328 valence electrons. The molecule has 0 aliphatic carbocycles. The van der Waals surface area contributed by atoms with Gasteiger partial charge in [-0.2, -0.15) is 0 Å². The summed E-state index contributed by atoms with van der Waals surface area (Å²) in [6, 6.07) is 6.60. The van der Waals surface area contributed by atoms with Crippen molar-refractivity contribution in [2.24, 2.45) is 11.8 Å². The number of benzene rings is 1. The maximum atomic E-state index is 13.5. The number of allylic oxidation sites excluding steroid dienone is 4. The molecule has 0 spiro atoms. The Morgan fingerprint density at radius 1 is 0.672 bits per heavy atom. The fraction of sp³-hybridized carbons (Fsp3) is 0.740. The van der Waals surface area contributed by atoms with Gasteiger partial charge in [-0.15, -0.1) is 0 Å². The Kier molecular flexibility index (Phi) is 22.4. The summed E-state index contributed by atoms with van der Waals surface area (Å²) in [7, 11) is 0. The van der Waals surface area contributed by atoms with E-state index in [1.54, 1.807) is 0 Å². The molecule has 2 heterocycles. The van der Waals surface area contributed by atoms with E-state index in [0.717, 1.165) is 102 Å². The van der Waals surface area contributed by atoms with Crippen molar-refractivity contribution in [3.63, 3.8) is 0 Å². The maximum Gasteiger partial charge on any atom is 0.338 e. The van der Waals surface area contributed by atoms with Gasteiger partial charge in [-0.1, -0.05) is 118 Å². The van der Waals surface area contributed by atoms with Crippen LogP contribution in [-0.4, -0.2) is 86.3 Å². The lowest BCUT2D eigenvalue weighted by atomic mass is 9.79. The van der Waals surface area contributed by atoms with Crippen LogP contribution in [0.5, 0.6) is 0 Å². The number of hydrogen-bond donors (Lipinski definition) is 0. The van der Waals surface area contributed by atoms with Crippen LogP contribution in [0.15, 0.2) is 42.5 Å². The molecule has 3 rings (SSSR count). The van der Waals surface area contributed by atoms with Crippen LogP contribution < -0.4 is 0 Å². The molecular weight excluding hydrogens is 725 g/mol. The zero-order chi connectivity index (χ0) is 42.4. The van der Waals surface area contributed by atoms with Crippen LogP contribution >= 0.6 is 0 Å². The number of rotatable bonds is 24. The van der Waals surface area contributed by atoms with Gasteiger partial charge in [0.1, 0.15) is 19.8 Å². The van der Waals surface area contributed by atoms with Crippen LogP contribution in [0, 0.1) is 11.8 Å². The van der Waals surface area contributed by atoms with Gasteiger partial charge in [0.2, 0.25) is 0 Å². The van der Waals surface area contributed by atoms with Gasteiger partial charge in [0, 0.05) is 12.5 Å². The van der Waals surface area contributed by atoms with Gasteiger partial charge in [0.25, 0.3) is 0 Å². The van der Waals surface area contributed by atoms with Gasteiger partial charge in [0.05, 0.1) is 17.4 Å². The molecule has 0 N–H and O–H groups in total. The van der Waals surface area contributed by atoms with Crippen molar-refractivity contribution in [3.05, 3.63) is 59.2 Å². The monoisotopic (exact) mass is 807 g/mol. The maximum absolute atomic E-state index is 13.5. The molecule has 2 aliphatic heterocycles. The van der Waals surface area contributed by atoms with E-state index in [9.17, 15) is 14.4 Å². The van der Waals surface area contributed by atoms with E-state index in [1.807, 2.05) is 12.1 Å². The van der Waals surface area contributed by atoms with Crippen LogP contribution in [0.3, 0.4) is 0 Å². The van der Waals surface area contributed by atoms with Crippen molar-refractivity contribution in [1.29, 1.82) is 0 Å². The number of carbonyl (C=O) groups excluding carboxylic acids is 3. The Bertz CT molecular complexity index is 1370. The van der Waals surface area contributed by atoms with Crippen molar-refractivity contribution < 1.29 is 28.6 Å². The highest BCUT2D eigenvalue weighted by atomic mass is 16.6. The first-order valence-electron chi connectivity index (χ1n) is 23.1. The molecule has 8 heteroatoms. The zero-order valence-electron chi connectivity index (χ0n) is 38.1. The number of nitrogens with zero attached hydrogens (tertiary/aromatic N) is 2. The Hall–Kier alpha value is -2.97.